The summed E-state index contributed by atoms with van der Waals surface area (Å²) in [4.78, 5) is 31.8. The van der Waals surface area contributed by atoms with Gasteiger partial charge in [-0.2, -0.15) is 8.78 Å². The Morgan fingerprint density at radius 1 is 1.20 bits per heavy atom. The predicted octanol–water partition coefficient (Wildman–Crippen LogP) is 7.20. The number of Topliss-reactive ketones (excluding diaryl/α,β-unsaturated/α-hetero) is 1. The highest BCUT2D eigenvalue weighted by atomic mass is 32.2. The maximum Gasteiger partial charge on any atom is 0.345 e. The number of hydrogen-bond acceptors (Lipinski definition) is 6. The van der Waals surface area contributed by atoms with E-state index in [1.165, 1.54) is 12.8 Å². The number of carbonyl (C=O) groups is 2. The number of nitrogens with zero attached hydrogens (tertiary/aromatic N) is 2. The lowest BCUT2D eigenvalue weighted by atomic mass is 9.72. The number of halogens is 2. The zero-order valence-electron chi connectivity index (χ0n) is 23.5. The summed E-state index contributed by atoms with van der Waals surface area (Å²) >= 11 is 1.74. The molecular weight excluding hydrogens is 534 g/mol. The second kappa shape index (κ2) is 11.2. The first-order valence-corrected chi connectivity index (χ1v) is 16.2. The van der Waals surface area contributed by atoms with Crippen molar-refractivity contribution in [3.05, 3.63) is 17.7 Å². The van der Waals surface area contributed by atoms with Crippen molar-refractivity contribution >= 4 is 29.3 Å². The molecule has 4 aliphatic carbocycles. The van der Waals surface area contributed by atoms with E-state index in [9.17, 15) is 23.5 Å². The largest absolute Gasteiger partial charge is 0.481 e. The number of carboxylic acids is 1. The van der Waals surface area contributed by atoms with Gasteiger partial charge in [0.25, 0.3) is 0 Å². The van der Waals surface area contributed by atoms with Crippen LogP contribution in [0.1, 0.15) is 101 Å². The summed E-state index contributed by atoms with van der Waals surface area (Å²) < 4.78 is 31.5. The number of alkyl halides is 2. The van der Waals surface area contributed by atoms with Crippen molar-refractivity contribution in [1.29, 1.82) is 0 Å². The number of pyridine rings is 1. The summed E-state index contributed by atoms with van der Waals surface area (Å²) in [7, 11) is 0. The highest BCUT2D eigenvalue weighted by Gasteiger charge is 2.74. The fourth-order valence-corrected chi connectivity index (χ4v) is 10.5. The molecule has 40 heavy (non-hydrogen) atoms. The Kier molecular flexibility index (Phi) is 7.92. The number of ketones is 1. The van der Waals surface area contributed by atoms with Crippen molar-refractivity contribution in [1.82, 2.24) is 4.98 Å². The van der Waals surface area contributed by atoms with E-state index in [1.807, 2.05) is 12.1 Å². The summed E-state index contributed by atoms with van der Waals surface area (Å²) in [5, 5.41) is 10.5. The average Bonchev–Trinajstić information content (AvgIpc) is 3.38. The smallest absolute Gasteiger partial charge is 0.345 e. The van der Waals surface area contributed by atoms with Crippen molar-refractivity contribution < 1.29 is 28.2 Å². The number of fused-ring (bicyclic) bond motifs is 1. The van der Waals surface area contributed by atoms with E-state index in [0.717, 1.165) is 75.2 Å². The molecule has 220 valence electrons. The quantitative estimate of drug-likeness (QED) is 0.264. The Hall–Kier alpha value is -1.74. The van der Waals surface area contributed by atoms with Crippen LogP contribution in [0.4, 0.5) is 14.6 Å². The fraction of sp³-hybridized carbons (Fsp3) is 0.774. The number of rotatable bonds is 12. The topological polar surface area (TPSA) is 79.7 Å². The first kappa shape index (κ1) is 28.4. The molecule has 1 N–H and O–H groups in total. The molecule has 9 heteroatoms. The zero-order chi connectivity index (χ0) is 28.1. The third-order valence-corrected chi connectivity index (χ3v) is 11.9. The highest BCUT2D eigenvalue weighted by Crippen LogP contribution is 2.78. The number of carboxylic acid groups (broad SMARTS) is 1. The number of hydrogen-bond donors (Lipinski definition) is 1. The SMILES string of the molecule is CC1CC23C[C@@](OC(F)F)(C1)CC2C3CCCC(=O)c1ccc(N2CC[C@@H](CC(=O)O)C2)nc1SC1CCCC1. The minimum atomic E-state index is -2.70. The van der Waals surface area contributed by atoms with E-state index in [0.29, 0.717) is 41.5 Å². The maximum atomic E-state index is 13.5. The van der Waals surface area contributed by atoms with Crippen LogP contribution in [0, 0.1) is 29.1 Å². The molecule has 6 nitrogen and oxygen atoms in total. The summed E-state index contributed by atoms with van der Waals surface area (Å²) in [6.45, 7) is 0.940. The van der Waals surface area contributed by atoms with Crippen molar-refractivity contribution in [2.75, 3.05) is 18.0 Å². The number of ether oxygens (including phenoxy) is 1. The molecule has 1 aromatic rings. The molecule has 0 radical (unpaired) electrons. The fourth-order valence-electron chi connectivity index (χ4n) is 9.20. The lowest BCUT2D eigenvalue weighted by Gasteiger charge is -2.40. The van der Waals surface area contributed by atoms with E-state index < -0.39 is 18.2 Å². The Balaban J connectivity index is 1.08. The van der Waals surface area contributed by atoms with Gasteiger partial charge >= 0.3 is 12.6 Å². The van der Waals surface area contributed by atoms with Gasteiger partial charge < -0.3 is 14.7 Å². The Labute approximate surface area is 240 Å². The van der Waals surface area contributed by atoms with Crippen LogP contribution in [-0.2, 0) is 9.53 Å². The summed E-state index contributed by atoms with van der Waals surface area (Å²) in [6.07, 6.45) is 11.4. The van der Waals surface area contributed by atoms with Gasteiger partial charge in [-0.25, -0.2) is 4.98 Å². The van der Waals surface area contributed by atoms with Gasteiger partial charge in [0, 0.05) is 36.7 Å². The second-order valence-corrected chi connectivity index (χ2v) is 14.8. The molecule has 1 aromatic heterocycles. The summed E-state index contributed by atoms with van der Waals surface area (Å²) in [6, 6.07) is 3.88. The normalized spacial score (nSPS) is 35.0. The van der Waals surface area contributed by atoms with Crippen molar-refractivity contribution in [3.8, 4) is 0 Å². The molecule has 0 aromatic carbocycles. The average molecular weight is 577 g/mol. The van der Waals surface area contributed by atoms with Gasteiger partial charge in [-0.3, -0.25) is 9.59 Å². The molecule has 2 bridgehead atoms. The first-order valence-electron chi connectivity index (χ1n) is 15.3. The second-order valence-electron chi connectivity index (χ2n) is 13.5. The van der Waals surface area contributed by atoms with Crippen LogP contribution in [0.15, 0.2) is 17.2 Å². The van der Waals surface area contributed by atoms with Gasteiger partial charge in [0.15, 0.2) is 5.78 Å². The van der Waals surface area contributed by atoms with Gasteiger partial charge in [0.2, 0.25) is 0 Å². The molecule has 2 heterocycles. The lowest BCUT2D eigenvalue weighted by Crippen LogP contribution is -2.40. The minimum absolute atomic E-state index is 0.132. The van der Waals surface area contributed by atoms with Crippen LogP contribution in [0.2, 0.25) is 0 Å². The maximum absolute atomic E-state index is 13.5. The molecular formula is C31H42F2N2O4S. The molecule has 1 spiro atoms. The number of aliphatic carboxylic acids is 1. The standard InChI is InChI=1S/C31H42F2N2O4S/c1-19-14-30(39-29(32)33)16-24-23(31(24,15-19)18-30)7-4-8-25(36)22-9-10-26(34-28(22)40-21-5-2-3-6-21)35-12-11-20(17-35)13-27(37)38/h9-10,19-21,23-24,29H,2-8,11-18H2,1H3,(H,37,38)/t19?,20-,23?,24?,30+,31?/m0/s1. The van der Waals surface area contributed by atoms with E-state index in [2.05, 4.69) is 11.8 Å². The van der Waals surface area contributed by atoms with Gasteiger partial charge in [-0.05, 0) is 99.0 Å². The predicted molar refractivity (Wildman–Crippen MR) is 150 cm³/mol. The molecule has 1 saturated heterocycles. The third-order valence-electron chi connectivity index (χ3n) is 10.6. The zero-order valence-corrected chi connectivity index (χ0v) is 24.3. The van der Waals surface area contributed by atoms with Crippen LogP contribution in [0.5, 0.6) is 0 Å². The van der Waals surface area contributed by atoms with Gasteiger partial charge in [-0.15, -0.1) is 11.8 Å². The van der Waals surface area contributed by atoms with E-state index >= 15 is 0 Å². The number of anilines is 1. The molecule has 0 amide bonds. The number of aromatic nitrogens is 1. The lowest BCUT2D eigenvalue weighted by molar-refractivity contribution is -0.224. The van der Waals surface area contributed by atoms with Gasteiger partial charge in [0.1, 0.15) is 10.8 Å². The van der Waals surface area contributed by atoms with Crippen LogP contribution >= 0.6 is 11.8 Å². The number of thioether (sulfide) groups is 1. The number of carbonyl (C=O) groups excluding carboxylic acids is 1. The molecule has 5 aliphatic rings. The molecule has 4 unspecified atom stereocenters. The minimum Gasteiger partial charge on any atom is -0.481 e. The van der Waals surface area contributed by atoms with Crippen LogP contribution in [0.3, 0.4) is 0 Å². The van der Waals surface area contributed by atoms with Crippen LogP contribution in [-0.4, -0.2) is 52.4 Å². The Morgan fingerprint density at radius 2 is 2.00 bits per heavy atom. The van der Waals surface area contributed by atoms with Crippen molar-refractivity contribution in [3.63, 3.8) is 0 Å². The molecule has 5 fully saturated rings. The molecule has 1 aliphatic heterocycles. The molecule has 4 saturated carbocycles. The van der Waals surface area contributed by atoms with Crippen LogP contribution in [0.25, 0.3) is 0 Å². The van der Waals surface area contributed by atoms with Crippen molar-refractivity contribution in [2.45, 2.75) is 113 Å². The van der Waals surface area contributed by atoms with Gasteiger partial charge in [0.05, 0.1) is 5.60 Å². The van der Waals surface area contributed by atoms with E-state index in [4.69, 9.17) is 9.72 Å². The third kappa shape index (κ3) is 5.66. The highest BCUT2D eigenvalue weighted by molar-refractivity contribution is 8.00. The van der Waals surface area contributed by atoms with Crippen molar-refractivity contribution in [2.24, 2.45) is 29.1 Å². The Morgan fingerprint density at radius 3 is 2.75 bits per heavy atom. The first-order chi connectivity index (χ1) is 19.2. The van der Waals surface area contributed by atoms with E-state index in [-0.39, 0.29) is 23.5 Å². The van der Waals surface area contributed by atoms with E-state index in [1.54, 1.807) is 11.8 Å². The molecule has 6 rings (SSSR count). The summed E-state index contributed by atoms with van der Waals surface area (Å²) in [5.41, 5.74) is 0.231. The monoisotopic (exact) mass is 576 g/mol. The summed E-state index contributed by atoms with van der Waals surface area (Å²) in [5.74, 6) is 1.75. The molecule has 6 atom stereocenters. The van der Waals surface area contributed by atoms with Gasteiger partial charge in [-0.1, -0.05) is 19.8 Å². The van der Waals surface area contributed by atoms with Crippen LogP contribution < -0.4 is 4.90 Å². The Bertz CT molecular complexity index is 1130.